The van der Waals surface area contributed by atoms with Crippen LogP contribution in [0.15, 0.2) is 24.3 Å². The molecule has 1 aromatic carbocycles. The SMILES string of the molecule is NCC(c1ccc([N+](=O)[O-])cc1)N1CCCCCC1. The molecule has 0 radical (unpaired) electrons. The number of nitrogens with zero attached hydrogens (tertiary/aromatic N) is 2. The van der Waals surface area contributed by atoms with Gasteiger partial charge < -0.3 is 5.73 Å². The lowest BCUT2D eigenvalue weighted by molar-refractivity contribution is -0.384. The molecular formula is C14H21N3O2. The highest BCUT2D eigenvalue weighted by Gasteiger charge is 2.20. The molecule has 1 heterocycles. The van der Waals surface area contributed by atoms with Gasteiger partial charge in [-0.15, -0.1) is 0 Å². The van der Waals surface area contributed by atoms with E-state index in [0.717, 1.165) is 18.7 Å². The fourth-order valence-electron chi connectivity index (χ4n) is 2.72. The van der Waals surface area contributed by atoms with Crippen molar-refractivity contribution in [1.82, 2.24) is 4.90 Å². The van der Waals surface area contributed by atoms with Gasteiger partial charge in [-0.1, -0.05) is 25.0 Å². The zero-order chi connectivity index (χ0) is 13.7. The van der Waals surface area contributed by atoms with Gasteiger partial charge >= 0.3 is 0 Å². The minimum Gasteiger partial charge on any atom is -0.329 e. The second-order valence-corrected chi connectivity index (χ2v) is 5.05. The number of likely N-dealkylation sites (tertiary alicyclic amines) is 1. The average Bonchev–Trinajstić information content (AvgIpc) is 2.69. The highest BCUT2D eigenvalue weighted by Crippen LogP contribution is 2.25. The molecule has 0 amide bonds. The molecule has 1 unspecified atom stereocenters. The summed E-state index contributed by atoms with van der Waals surface area (Å²) in [6.07, 6.45) is 5.00. The first-order valence-electron chi connectivity index (χ1n) is 6.91. The van der Waals surface area contributed by atoms with Crippen molar-refractivity contribution >= 4 is 5.69 Å². The number of non-ortho nitro benzene ring substituents is 1. The molecule has 1 aliphatic heterocycles. The maximum atomic E-state index is 10.7. The predicted molar refractivity (Wildman–Crippen MR) is 74.9 cm³/mol. The molecule has 1 aliphatic rings. The van der Waals surface area contributed by atoms with Crippen LogP contribution in [0.2, 0.25) is 0 Å². The largest absolute Gasteiger partial charge is 0.329 e. The van der Waals surface area contributed by atoms with E-state index >= 15 is 0 Å². The molecular weight excluding hydrogens is 242 g/mol. The Hall–Kier alpha value is -1.46. The van der Waals surface area contributed by atoms with Crippen LogP contribution in [0.3, 0.4) is 0 Å². The monoisotopic (exact) mass is 263 g/mol. The molecule has 5 nitrogen and oxygen atoms in total. The summed E-state index contributed by atoms with van der Waals surface area (Å²) in [7, 11) is 0. The van der Waals surface area contributed by atoms with E-state index in [1.807, 2.05) is 12.1 Å². The molecule has 2 rings (SSSR count). The van der Waals surface area contributed by atoms with Crippen molar-refractivity contribution in [2.45, 2.75) is 31.7 Å². The lowest BCUT2D eigenvalue weighted by Crippen LogP contribution is -2.34. The maximum absolute atomic E-state index is 10.7. The van der Waals surface area contributed by atoms with Crippen LogP contribution in [-0.2, 0) is 0 Å². The van der Waals surface area contributed by atoms with Gasteiger partial charge in [0.1, 0.15) is 0 Å². The topological polar surface area (TPSA) is 72.4 Å². The Balaban J connectivity index is 2.13. The van der Waals surface area contributed by atoms with E-state index in [9.17, 15) is 10.1 Å². The summed E-state index contributed by atoms with van der Waals surface area (Å²) in [6.45, 7) is 2.69. The van der Waals surface area contributed by atoms with Crippen LogP contribution >= 0.6 is 0 Å². The molecule has 19 heavy (non-hydrogen) atoms. The number of hydrogen-bond donors (Lipinski definition) is 1. The fraction of sp³-hybridized carbons (Fsp3) is 0.571. The third kappa shape index (κ3) is 3.52. The number of nitrogens with two attached hydrogens (primary N) is 1. The van der Waals surface area contributed by atoms with Crippen LogP contribution in [0.4, 0.5) is 5.69 Å². The molecule has 0 spiro atoms. The Morgan fingerprint density at radius 2 is 1.74 bits per heavy atom. The minimum atomic E-state index is -0.368. The second-order valence-electron chi connectivity index (χ2n) is 5.05. The summed E-state index contributed by atoms with van der Waals surface area (Å²) in [5.74, 6) is 0. The first-order chi connectivity index (χ1) is 9.22. The quantitative estimate of drug-likeness (QED) is 0.669. The zero-order valence-electron chi connectivity index (χ0n) is 11.1. The van der Waals surface area contributed by atoms with Crippen molar-refractivity contribution in [1.29, 1.82) is 0 Å². The second kappa shape index (κ2) is 6.63. The first-order valence-corrected chi connectivity index (χ1v) is 6.91. The Bertz CT molecular complexity index is 411. The summed E-state index contributed by atoms with van der Waals surface area (Å²) in [6, 6.07) is 6.98. The van der Waals surface area contributed by atoms with Gasteiger partial charge in [0.15, 0.2) is 0 Å². The zero-order valence-corrected chi connectivity index (χ0v) is 11.1. The minimum absolute atomic E-state index is 0.135. The van der Waals surface area contributed by atoms with Crippen molar-refractivity contribution in [3.05, 3.63) is 39.9 Å². The van der Waals surface area contributed by atoms with Gasteiger partial charge in [-0.25, -0.2) is 0 Å². The van der Waals surface area contributed by atoms with E-state index in [1.165, 1.54) is 25.7 Å². The number of rotatable bonds is 4. The molecule has 0 bridgehead atoms. The van der Waals surface area contributed by atoms with Crippen LogP contribution < -0.4 is 5.73 Å². The highest BCUT2D eigenvalue weighted by molar-refractivity contribution is 5.34. The third-order valence-electron chi connectivity index (χ3n) is 3.79. The fourth-order valence-corrected chi connectivity index (χ4v) is 2.72. The average molecular weight is 263 g/mol. The predicted octanol–water partition coefficient (Wildman–Crippen LogP) is 2.47. The molecule has 1 aromatic rings. The van der Waals surface area contributed by atoms with Gasteiger partial charge in [0.25, 0.3) is 5.69 Å². The molecule has 5 heteroatoms. The molecule has 104 valence electrons. The van der Waals surface area contributed by atoms with E-state index in [1.54, 1.807) is 12.1 Å². The van der Waals surface area contributed by atoms with Gasteiger partial charge in [0.2, 0.25) is 0 Å². The van der Waals surface area contributed by atoms with Gasteiger partial charge in [0, 0.05) is 24.7 Å². The van der Waals surface area contributed by atoms with E-state index in [2.05, 4.69) is 4.90 Å². The number of nitro benzene ring substituents is 1. The molecule has 1 fully saturated rings. The van der Waals surface area contributed by atoms with Crippen LogP contribution in [0.1, 0.15) is 37.3 Å². The molecule has 2 N–H and O–H groups in total. The third-order valence-corrected chi connectivity index (χ3v) is 3.79. The van der Waals surface area contributed by atoms with E-state index < -0.39 is 0 Å². The summed E-state index contributed by atoms with van der Waals surface area (Å²) in [4.78, 5) is 12.7. The number of nitro groups is 1. The Kier molecular flexibility index (Phi) is 4.87. The molecule has 0 aromatic heterocycles. The Morgan fingerprint density at radius 3 is 2.21 bits per heavy atom. The summed E-state index contributed by atoms with van der Waals surface area (Å²) in [5, 5.41) is 10.7. The van der Waals surface area contributed by atoms with Gasteiger partial charge in [-0.2, -0.15) is 0 Å². The van der Waals surface area contributed by atoms with Crippen molar-refractivity contribution in [3.8, 4) is 0 Å². The number of hydrogen-bond acceptors (Lipinski definition) is 4. The van der Waals surface area contributed by atoms with Gasteiger partial charge in [0.05, 0.1) is 4.92 Å². The van der Waals surface area contributed by atoms with Gasteiger partial charge in [-0.3, -0.25) is 15.0 Å². The Labute approximate surface area is 113 Å². The normalized spacial score (nSPS) is 18.8. The summed E-state index contributed by atoms with van der Waals surface area (Å²) in [5.41, 5.74) is 7.12. The summed E-state index contributed by atoms with van der Waals surface area (Å²) < 4.78 is 0. The maximum Gasteiger partial charge on any atom is 0.269 e. The first kappa shape index (κ1) is 14.0. The molecule has 1 saturated heterocycles. The van der Waals surface area contributed by atoms with Crippen molar-refractivity contribution in [2.24, 2.45) is 5.73 Å². The van der Waals surface area contributed by atoms with Crippen molar-refractivity contribution in [3.63, 3.8) is 0 Å². The van der Waals surface area contributed by atoms with E-state index in [-0.39, 0.29) is 16.7 Å². The highest BCUT2D eigenvalue weighted by atomic mass is 16.6. The van der Waals surface area contributed by atoms with Gasteiger partial charge in [-0.05, 0) is 31.5 Å². The Morgan fingerprint density at radius 1 is 1.16 bits per heavy atom. The van der Waals surface area contributed by atoms with Crippen molar-refractivity contribution < 1.29 is 4.92 Å². The van der Waals surface area contributed by atoms with Crippen LogP contribution in [0.5, 0.6) is 0 Å². The number of benzene rings is 1. The van der Waals surface area contributed by atoms with Crippen molar-refractivity contribution in [2.75, 3.05) is 19.6 Å². The van der Waals surface area contributed by atoms with Crippen LogP contribution in [0, 0.1) is 10.1 Å². The van der Waals surface area contributed by atoms with E-state index in [4.69, 9.17) is 5.73 Å². The smallest absolute Gasteiger partial charge is 0.269 e. The molecule has 0 aliphatic carbocycles. The molecule has 0 saturated carbocycles. The summed E-state index contributed by atoms with van der Waals surface area (Å²) >= 11 is 0. The molecule has 1 atom stereocenters. The standard InChI is InChI=1S/C14H21N3O2/c15-11-14(16-9-3-1-2-4-10-16)12-5-7-13(8-6-12)17(18)19/h5-8,14H,1-4,9-11,15H2. The lowest BCUT2D eigenvalue weighted by atomic mass is 10.0. The van der Waals surface area contributed by atoms with Crippen LogP contribution in [-0.4, -0.2) is 29.5 Å². The lowest BCUT2D eigenvalue weighted by Gasteiger charge is -2.29. The van der Waals surface area contributed by atoms with E-state index in [0.29, 0.717) is 6.54 Å². The van der Waals surface area contributed by atoms with Crippen LogP contribution in [0.25, 0.3) is 0 Å².